The van der Waals surface area contributed by atoms with Crippen LogP contribution >= 0.6 is 24.8 Å². The minimum atomic E-state index is -0.216. The van der Waals surface area contributed by atoms with Gasteiger partial charge in [-0.25, -0.2) is 9.78 Å². The second-order valence-electron chi connectivity index (χ2n) is 12.4. The highest BCUT2D eigenvalue weighted by Crippen LogP contribution is 2.34. The van der Waals surface area contributed by atoms with Crippen molar-refractivity contribution in [2.24, 2.45) is 11.1 Å². The first-order chi connectivity index (χ1) is 17.7. The summed E-state index contributed by atoms with van der Waals surface area (Å²) in [5.74, 6) is 1.45. The fraction of sp³-hybridized carbons (Fsp3) is 0.778. The Morgan fingerprint density at radius 3 is 2.26 bits per heavy atom. The van der Waals surface area contributed by atoms with Gasteiger partial charge < -0.3 is 30.6 Å². The van der Waals surface area contributed by atoms with E-state index in [1.807, 2.05) is 11.2 Å². The van der Waals surface area contributed by atoms with Gasteiger partial charge in [-0.15, -0.1) is 24.8 Å². The van der Waals surface area contributed by atoms with E-state index in [9.17, 15) is 4.79 Å². The van der Waals surface area contributed by atoms with E-state index in [2.05, 4.69) is 36.0 Å². The number of aromatic nitrogens is 4. The number of rotatable bonds is 6. The van der Waals surface area contributed by atoms with Gasteiger partial charge in [-0.3, -0.25) is 0 Å². The lowest BCUT2D eigenvalue weighted by atomic mass is 9.92. The van der Waals surface area contributed by atoms with Gasteiger partial charge in [-0.1, -0.05) is 33.6 Å². The fourth-order valence-electron chi connectivity index (χ4n) is 5.75. The van der Waals surface area contributed by atoms with Gasteiger partial charge in [-0.2, -0.15) is 9.97 Å². The van der Waals surface area contributed by atoms with Crippen molar-refractivity contribution < 1.29 is 9.53 Å². The number of hydrogen-bond donors (Lipinski definition) is 3. The highest BCUT2D eigenvalue weighted by Gasteiger charge is 2.28. The quantitative estimate of drug-likeness (QED) is 0.405. The molecule has 0 bridgehead atoms. The highest BCUT2D eigenvalue weighted by atomic mass is 35.5. The minimum absolute atomic E-state index is 0. The van der Waals surface area contributed by atoms with E-state index in [4.69, 9.17) is 25.4 Å². The Hall–Kier alpha value is -2.04. The number of imidazole rings is 1. The van der Waals surface area contributed by atoms with Crippen LogP contribution in [-0.4, -0.2) is 68.3 Å². The van der Waals surface area contributed by atoms with Gasteiger partial charge in [0, 0.05) is 37.3 Å². The molecule has 1 saturated heterocycles. The van der Waals surface area contributed by atoms with E-state index in [-0.39, 0.29) is 42.4 Å². The number of anilines is 2. The van der Waals surface area contributed by atoms with E-state index in [1.165, 1.54) is 25.7 Å². The number of nitrogens with one attached hydrogen (secondary N) is 2. The molecular formula is C27H46Cl2N8O2. The number of carbonyl (C=O) groups is 1. The standard InChI is InChI=1S/C27H44N8O2.2ClH/c1-27(2,3)16-37-26(36)34-14-12-20(13-15-34)30-23-22-24(35(17-29-22)21-6-4-5-7-21)33-25(32-23)31-19-10-8-18(28)9-11-19;;/h17-21H,4-16,28H2,1-3H3,(H2,30,31,32,33);2*1H. The number of ether oxygens (including phenoxy) is 1. The van der Waals surface area contributed by atoms with Crippen LogP contribution in [0.1, 0.15) is 91.0 Å². The molecular weight excluding hydrogens is 539 g/mol. The molecule has 2 aliphatic carbocycles. The molecule has 2 saturated carbocycles. The first kappa shape index (κ1) is 31.5. The van der Waals surface area contributed by atoms with Crippen molar-refractivity contribution in [3.05, 3.63) is 6.33 Å². The average Bonchev–Trinajstić information content (AvgIpc) is 3.54. The Morgan fingerprint density at radius 2 is 1.62 bits per heavy atom. The lowest BCUT2D eigenvalue weighted by Crippen LogP contribution is -2.43. The van der Waals surface area contributed by atoms with Crippen LogP contribution in [0.5, 0.6) is 0 Å². The van der Waals surface area contributed by atoms with Crippen molar-refractivity contribution >= 4 is 53.8 Å². The zero-order valence-corrected chi connectivity index (χ0v) is 25.2. The Morgan fingerprint density at radius 1 is 0.974 bits per heavy atom. The number of nitrogens with two attached hydrogens (primary N) is 1. The molecule has 2 aromatic rings. The number of piperidine rings is 1. The van der Waals surface area contributed by atoms with Crippen molar-refractivity contribution in [3.8, 4) is 0 Å². The Kier molecular flexibility index (Phi) is 10.9. The first-order valence-corrected chi connectivity index (χ1v) is 14.2. The van der Waals surface area contributed by atoms with Crippen LogP contribution in [0.25, 0.3) is 11.2 Å². The monoisotopic (exact) mass is 584 g/mol. The van der Waals surface area contributed by atoms with Crippen LogP contribution in [0.2, 0.25) is 0 Å². The largest absolute Gasteiger partial charge is 0.449 e. The molecule has 1 amide bonds. The summed E-state index contributed by atoms with van der Waals surface area (Å²) in [6.45, 7) is 7.96. The predicted molar refractivity (Wildman–Crippen MR) is 160 cm³/mol. The number of halogens is 2. The molecule has 220 valence electrons. The average molecular weight is 586 g/mol. The number of hydrogen-bond acceptors (Lipinski definition) is 8. The van der Waals surface area contributed by atoms with Gasteiger partial charge in [0.15, 0.2) is 17.0 Å². The van der Waals surface area contributed by atoms with E-state index >= 15 is 0 Å². The third-order valence-electron chi connectivity index (χ3n) is 7.97. The van der Waals surface area contributed by atoms with Gasteiger partial charge in [0.2, 0.25) is 5.95 Å². The van der Waals surface area contributed by atoms with Crippen molar-refractivity contribution in [2.45, 2.75) is 109 Å². The Balaban J connectivity index is 0.00000210. The second kappa shape index (κ2) is 13.5. The third kappa shape index (κ3) is 8.01. The molecule has 10 nitrogen and oxygen atoms in total. The minimum Gasteiger partial charge on any atom is -0.449 e. The van der Waals surface area contributed by atoms with E-state index in [0.29, 0.717) is 43.8 Å². The van der Waals surface area contributed by atoms with Gasteiger partial charge in [0.25, 0.3) is 0 Å². The number of fused-ring (bicyclic) bond motifs is 1. The molecule has 0 radical (unpaired) electrons. The van der Waals surface area contributed by atoms with E-state index in [0.717, 1.165) is 55.5 Å². The van der Waals surface area contributed by atoms with Crippen molar-refractivity contribution in [1.82, 2.24) is 24.4 Å². The summed E-state index contributed by atoms with van der Waals surface area (Å²) in [5, 5.41) is 7.26. The van der Waals surface area contributed by atoms with E-state index < -0.39 is 0 Å². The van der Waals surface area contributed by atoms with Gasteiger partial charge in [0.05, 0.1) is 12.9 Å². The molecule has 0 aromatic carbocycles. The molecule has 0 atom stereocenters. The maximum atomic E-state index is 12.5. The number of carbonyl (C=O) groups excluding carboxylic acids is 1. The van der Waals surface area contributed by atoms with Gasteiger partial charge >= 0.3 is 6.09 Å². The lowest BCUT2D eigenvalue weighted by Gasteiger charge is -2.32. The zero-order valence-electron chi connectivity index (χ0n) is 23.5. The van der Waals surface area contributed by atoms with Crippen LogP contribution in [-0.2, 0) is 4.74 Å². The third-order valence-corrected chi connectivity index (χ3v) is 7.97. The number of amides is 1. The molecule has 12 heteroatoms. The summed E-state index contributed by atoms with van der Waals surface area (Å²) >= 11 is 0. The van der Waals surface area contributed by atoms with Crippen molar-refractivity contribution in [2.75, 3.05) is 30.3 Å². The van der Waals surface area contributed by atoms with Gasteiger partial charge in [0.1, 0.15) is 0 Å². The molecule has 2 aromatic heterocycles. The second-order valence-corrected chi connectivity index (χ2v) is 12.4. The van der Waals surface area contributed by atoms with Crippen molar-refractivity contribution in [1.29, 1.82) is 0 Å². The summed E-state index contributed by atoms with van der Waals surface area (Å²) in [4.78, 5) is 29.0. The van der Waals surface area contributed by atoms with Crippen LogP contribution in [0.4, 0.5) is 16.6 Å². The van der Waals surface area contributed by atoms with Crippen LogP contribution < -0.4 is 16.4 Å². The van der Waals surface area contributed by atoms with Gasteiger partial charge in [-0.05, 0) is 56.8 Å². The normalized spacial score (nSPS) is 22.7. The molecule has 39 heavy (non-hydrogen) atoms. The number of likely N-dealkylation sites (tertiary alicyclic amines) is 1. The summed E-state index contributed by atoms with van der Waals surface area (Å²) in [6.07, 6.45) is 12.4. The molecule has 0 spiro atoms. The topological polar surface area (TPSA) is 123 Å². The fourth-order valence-corrected chi connectivity index (χ4v) is 5.75. The van der Waals surface area contributed by atoms with E-state index in [1.54, 1.807) is 0 Å². The van der Waals surface area contributed by atoms with Crippen molar-refractivity contribution in [3.63, 3.8) is 0 Å². The maximum Gasteiger partial charge on any atom is 0.409 e. The Labute approximate surface area is 244 Å². The molecule has 4 N–H and O–H groups in total. The zero-order chi connectivity index (χ0) is 26.0. The number of nitrogens with zero attached hydrogens (tertiary/aromatic N) is 5. The summed E-state index contributed by atoms with van der Waals surface area (Å²) in [6, 6.07) is 1.31. The molecule has 1 aliphatic heterocycles. The van der Waals surface area contributed by atoms with Crippen LogP contribution in [0.15, 0.2) is 6.33 Å². The molecule has 5 rings (SSSR count). The molecule has 3 heterocycles. The first-order valence-electron chi connectivity index (χ1n) is 14.2. The molecule has 0 unspecified atom stereocenters. The summed E-state index contributed by atoms with van der Waals surface area (Å²) < 4.78 is 7.78. The highest BCUT2D eigenvalue weighted by molar-refractivity contribution is 5.86. The SMILES string of the molecule is CC(C)(C)COC(=O)N1CCC(Nc2nc(NC3CCC(N)CC3)nc3c2ncn3C2CCCC2)CC1.Cl.Cl. The summed E-state index contributed by atoms with van der Waals surface area (Å²) in [7, 11) is 0. The molecule has 3 aliphatic rings. The summed E-state index contributed by atoms with van der Waals surface area (Å²) in [5.41, 5.74) is 7.82. The predicted octanol–water partition coefficient (Wildman–Crippen LogP) is 5.53. The van der Waals surface area contributed by atoms with Crippen LogP contribution in [0.3, 0.4) is 0 Å². The lowest BCUT2D eigenvalue weighted by molar-refractivity contribution is 0.0663. The van der Waals surface area contributed by atoms with Crippen LogP contribution in [0, 0.1) is 5.41 Å². The molecule has 3 fully saturated rings. The smallest absolute Gasteiger partial charge is 0.409 e. The maximum absolute atomic E-state index is 12.5. The Bertz CT molecular complexity index is 1070.